The first-order chi connectivity index (χ1) is 25.0. The van der Waals surface area contributed by atoms with E-state index in [2.05, 4.69) is 84.3 Å². The van der Waals surface area contributed by atoms with Crippen LogP contribution in [0.15, 0.2) is 42.5 Å². The van der Waals surface area contributed by atoms with E-state index < -0.39 is 6.04 Å². The number of benzene rings is 2. The Balaban J connectivity index is 0. The fourth-order valence-electron chi connectivity index (χ4n) is 5.03. The zero-order valence-electron chi connectivity index (χ0n) is 35.4. The minimum Gasteiger partial charge on any atom is -0.493 e. The fraction of sp³-hybridized carbons (Fsp3) is 0.689. The average molecular weight is 730 g/mol. The van der Waals surface area contributed by atoms with Crippen molar-refractivity contribution in [2.45, 2.75) is 178 Å². The molecule has 6 nitrogen and oxygen atoms in total. The quantitative estimate of drug-likeness (QED) is 0.105. The number of amides is 2. The zero-order valence-corrected chi connectivity index (χ0v) is 35.4. The molecule has 2 amide bonds. The standard InChI is InChI=1S/C25H43N3O3.C10H13F.C7H16.C3H8/c1-6-19(5)18-31-23-15-11-10-13-20(23)14-12-16-26-25(30)22(9-4)28-24(29)17-27-21(7-2)8-3;1-3-4-9-6-5-8(2)7-10(9)11;1-3-5-7-6-4-2;1-3-2/h10-11,13,15,19,21-22,27H,6-9,12,14,16-18H2,1-5H3,(H,26,30)(H,28,29);5-7H,3-4H2,1-2H3;3-7H2,1-2H3;3H2,1-2H3/t19-,22?;;;/m1.../s1. The molecule has 0 heterocycles. The van der Waals surface area contributed by atoms with Crippen molar-refractivity contribution in [3.8, 4) is 5.75 Å². The Morgan fingerprint density at radius 2 is 1.38 bits per heavy atom. The highest BCUT2D eigenvalue weighted by Gasteiger charge is 2.18. The van der Waals surface area contributed by atoms with Gasteiger partial charge in [-0.05, 0) is 80.2 Å². The van der Waals surface area contributed by atoms with E-state index in [0.717, 1.165) is 67.4 Å². The molecule has 2 rings (SSSR count). The van der Waals surface area contributed by atoms with Crippen molar-refractivity contribution in [3.05, 3.63) is 65.0 Å². The minimum absolute atomic E-state index is 0.0631. The first-order valence-corrected chi connectivity index (χ1v) is 20.8. The van der Waals surface area contributed by atoms with E-state index in [9.17, 15) is 14.0 Å². The van der Waals surface area contributed by atoms with Gasteiger partial charge >= 0.3 is 0 Å². The highest BCUT2D eigenvalue weighted by molar-refractivity contribution is 5.88. The number of carbonyl (C=O) groups excluding carboxylic acids is 2. The lowest BCUT2D eigenvalue weighted by molar-refractivity contribution is -0.128. The number of hydrogen-bond donors (Lipinski definition) is 3. The summed E-state index contributed by atoms with van der Waals surface area (Å²) in [6.07, 6.45) is 15.4. The molecule has 0 aliphatic rings. The largest absolute Gasteiger partial charge is 0.493 e. The minimum atomic E-state index is -0.498. The Morgan fingerprint density at radius 3 is 1.92 bits per heavy atom. The molecule has 0 saturated heterocycles. The summed E-state index contributed by atoms with van der Waals surface area (Å²) in [5.41, 5.74) is 2.98. The van der Waals surface area contributed by atoms with E-state index in [4.69, 9.17) is 4.74 Å². The van der Waals surface area contributed by atoms with E-state index in [1.807, 2.05) is 44.2 Å². The maximum Gasteiger partial charge on any atom is 0.242 e. The van der Waals surface area contributed by atoms with Gasteiger partial charge in [-0.3, -0.25) is 9.59 Å². The Hall–Kier alpha value is -2.93. The second kappa shape index (κ2) is 35.1. The van der Waals surface area contributed by atoms with E-state index in [0.29, 0.717) is 31.5 Å². The van der Waals surface area contributed by atoms with Gasteiger partial charge in [0.25, 0.3) is 0 Å². The number of nitrogens with one attached hydrogen (secondary N) is 3. The maximum atomic E-state index is 13.0. The Kier molecular flexibility index (Phi) is 34.6. The molecule has 300 valence electrons. The molecule has 0 spiro atoms. The summed E-state index contributed by atoms with van der Waals surface area (Å²) in [6, 6.07) is 13.3. The molecule has 7 heteroatoms. The lowest BCUT2D eigenvalue weighted by Gasteiger charge is -2.19. The van der Waals surface area contributed by atoms with Crippen molar-refractivity contribution >= 4 is 11.8 Å². The summed E-state index contributed by atoms with van der Waals surface area (Å²) in [6.45, 7) is 24.7. The maximum absolute atomic E-state index is 13.0. The van der Waals surface area contributed by atoms with E-state index in [1.165, 1.54) is 38.5 Å². The van der Waals surface area contributed by atoms with Crippen molar-refractivity contribution in [1.82, 2.24) is 16.0 Å². The molecule has 0 aliphatic carbocycles. The number of aryl methyl sites for hydroxylation is 3. The van der Waals surface area contributed by atoms with Crippen LogP contribution in [0.25, 0.3) is 0 Å². The highest BCUT2D eigenvalue weighted by Crippen LogP contribution is 2.20. The molecule has 0 fully saturated rings. The number of hydrogen-bond acceptors (Lipinski definition) is 4. The number of unbranched alkanes of at least 4 members (excludes halogenated alkanes) is 4. The van der Waals surface area contributed by atoms with Crippen LogP contribution in [0.5, 0.6) is 5.75 Å². The van der Waals surface area contributed by atoms with Crippen molar-refractivity contribution in [2.24, 2.45) is 5.92 Å². The third-order valence-corrected chi connectivity index (χ3v) is 8.65. The van der Waals surface area contributed by atoms with Crippen molar-refractivity contribution in [3.63, 3.8) is 0 Å². The average Bonchev–Trinajstić information content (AvgIpc) is 3.14. The molecular formula is C45H80FN3O3. The van der Waals surface area contributed by atoms with Gasteiger partial charge in [0.2, 0.25) is 11.8 Å². The second-order valence-corrected chi connectivity index (χ2v) is 13.9. The van der Waals surface area contributed by atoms with Crippen molar-refractivity contribution < 1.29 is 18.7 Å². The van der Waals surface area contributed by atoms with Crippen LogP contribution < -0.4 is 20.7 Å². The van der Waals surface area contributed by atoms with E-state index in [1.54, 1.807) is 6.07 Å². The third-order valence-electron chi connectivity index (χ3n) is 8.65. The molecule has 0 aliphatic heterocycles. The SMILES string of the molecule is CCC.CCC(CC)NCC(=O)NC(CC)C(=O)NCCCc1ccccc1OC[C@H](C)CC.CCCCCCC.CCCc1ccc(C)cc1F. The molecule has 52 heavy (non-hydrogen) atoms. The van der Waals surface area contributed by atoms with Gasteiger partial charge < -0.3 is 20.7 Å². The number of carbonyl (C=O) groups is 2. The molecule has 0 bridgehead atoms. The normalized spacial score (nSPS) is 11.5. The number of ether oxygens (including phenoxy) is 1. The van der Waals surface area contributed by atoms with Crippen molar-refractivity contribution in [1.29, 1.82) is 0 Å². The molecule has 2 aromatic carbocycles. The summed E-state index contributed by atoms with van der Waals surface area (Å²) in [5, 5.41) is 9.03. The molecule has 0 radical (unpaired) electrons. The molecule has 2 aromatic rings. The summed E-state index contributed by atoms with van der Waals surface area (Å²) in [7, 11) is 0. The van der Waals surface area contributed by atoms with Gasteiger partial charge in [0.1, 0.15) is 17.6 Å². The van der Waals surface area contributed by atoms with Gasteiger partial charge in [0.05, 0.1) is 13.2 Å². The van der Waals surface area contributed by atoms with Gasteiger partial charge in [0, 0.05) is 12.6 Å². The molecule has 3 N–H and O–H groups in total. The first-order valence-electron chi connectivity index (χ1n) is 20.8. The third kappa shape index (κ3) is 26.8. The van der Waals surface area contributed by atoms with Gasteiger partial charge in [-0.25, -0.2) is 4.39 Å². The van der Waals surface area contributed by atoms with E-state index >= 15 is 0 Å². The summed E-state index contributed by atoms with van der Waals surface area (Å²) in [5.74, 6) is 1.13. The van der Waals surface area contributed by atoms with Gasteiger partial charge in [-0.15, -0.1) is 0 Å². The lowest BCUT2D eigenvalue weighted by Crippen LogP contribution is -2.49. The molecule has 2 atom stereocenters. The first kappa shape index (κ1) is 51.2. The predicted molar refractivity (Wildman–Crippen MR) is 223 cm³/mol. The van der Waals surface area contributed by atoms with Crippen LogP contribution in [0.4, 0.5) is 4.39 Å². The molecule has 0 saturated carbocycles. The van der Waals surface area contributed by atoms with Gasteiger partial charge in [0.15, 0.2) is 0 Å². The smallest absolute Gasteiger partial charge is 0.242 e. The van der Waals surface area contributed by atoms with Gasteiger partial charge in [-0.1, -0.05) is 151 Å². The lowest BCUT2D eigenvalue weighted by atomic mass is 10.1. The van der Waals surface area contributed by atoms with E-state index in [-0.39, 0.29) is 24.2 Å². The molecule has 1 unspecified atom stereocenters. The van der Waals surface area contributed by atoms with Crippen LogP contribution in [0, 0.1) is 18.7 Å². The number of rotatable bonds is 22. The van der Waals surface area contributed by atoms with Crippen LogP contribution in [-0.4, -0.2) is 43.6 Å². The number of halogens is 1. The van der Waals surface area contributed by atoms with Gasteiger partial charge in [-0.2, -0.15) is 0 Å². The highest BCUT2D eigenvalue weighted by atomic mass is 19.1. The second-order valence-electron chi connectivity index (χ2n) is 13.9. The van der Waals surface area contributed by atoms with Crippen LogP contribution >= 0.6 is 0 Å². The van der Waals surface area contributed by atoms with Crippen molar-refractivity contribution in [2.75, 3.05) is 19.7 Å². The Morgan fingerprint density at radius 1 is 0.750 bits per heavy atom. The predicted octanol–water partition coefficient (Wildman–Crippen LogP) is 11.3. The number of para-hydroxylation sites is 1. The Labute approximate surface area is 320 Å². The van der Waals surface area contributed by atoms with Crippen LogP contribution in [-0.2, 0) is 22.4 Å². The van der Waals surface area contributed by atoms with Crippen LogP contribution in [0.1, 0.15) is 163 Å². The summed E-state index contributed by atoms with van der Waals surface area (Å²) in [4.78, 5) is 24.6. The summed E-state index contributed by atoms with van der Waals surface area (Å²) >= 11 is 0. The zero-order chi connectivity index (χ0) is 39.6. The monoisotopic (exact) mass is 730 g/mol. The topological polar surface area (TPSA) is 79.5 Å². The molecule has 0 aromatic heterocycles. The van der Waals surface area contributed by atoms with Crippen LogP contribution in [0.3, 0.4) is 0 Å². The molecular weight excluding hydrogens is 650 g/mol. The van der Waals surface area contributed by atoms with Crippen LogP contribution in [0.2, 0.25) is 0 Å². The Bertz CT molecular complexity index is 1130. The fourth-order valence-corrected chi connectivity index (χ4v) is 5.03. The summed E-state index contributed by atoms with van der Waals surface area (Å²) < 4.78 is 19.0.